The quantitative estimate of drug-likeness (QED) is 0.872. The molecule has 1 saturated heterocycles. The first-order valence-corrected chi connectivity index (χ1v) is 8.38. The van der Waals surface area contributed by atoms with E-state index in [4.69, 9.17) is 5.73 Å². The molecule has 1 aliphatic heterocycles. The molecule has 1 aliphatic rings. The van der Waals surface area contributed by atoms with Crippen molar-refractivity contribution in [2.45, 2.75) is 44.4 Å². The number of hydrogen-bond donors (Lipinski definition) is 1. The molecule has 2 rings (SSSR count). The van der Waals surface area contributed by atoms with Gasteiger partial charge in [-0.3, -0.25) is 0 Å². The first-order valence-electron chi connectivity index (χ1n) is 6.77. The lowest BCUT2D eigenvalue weighted by molar-refractivity contribution is 0.169. The second kappa shape index (κ2) is 5.33. The van der Waals surface area contributed by atoms with Gasteiger partial charge in [0.25, 0.3) is 0 Å². The van der Waals surface area contributed by atoms with Crippen LogP contribution in [-0.2, 0) is 15.8 Å². The molecule has 0 amide bonds. The number of hydrogen-bond acceptors (Lipinski definition) is 3. The van der Waals surface area contributed by atoms with Gasteiger partial charge >= 0.3 is 0 Å². The van der Waals surface area contributed by atoms with Gasteiger partial charge in [0, 0.05) is 23.3 Å². The van der Waals surface area contributed by atoms with E-state index in [1.54, 1.807) is 0 Å². The number of nitrogens with two attached hydrogens (primary N) is 1. The maximum absolute atomic E-state index is 13.7. The van der Waals surface area contributed by atoms with Crippen LogP contribution in [-0.4, -0.2) is 24.8 Å². The molecule has 1 heterocycles. The third-order valence-electron chi connectivity index (χ3n) is 3.82. The Labute approximate surface area is 119 Å². The molecule has 4 nitrogen and oxygen atoms in total. The topological polar surface area (TPSA) is 63.4 Å². The molecule has 20 heavy (non-hydrogen) atoms. The standard InChI is InChI=1S/C14H21FN2O2S/c1-14(2)7-3-4-8-17(14)20(18,19)10-11-9-12(16)5-6-13(11)15/h5-6,9H,3-4,7-8,10,16H2,1-2H3. The fraction of sp³-hybridized carbons (Fsp3) is 0.571. The molecule has 1 aromatic carbocycles. The number of nitrogens with zero attached hydrogens (tertiary/aromatic N) is 1. The molecule has 0 unspecified atom stereocenters. The average molecular weight is 300 g/mol. The van der Waals surface area contributed by atoms with Crippen molar-refractivity contribution in [2.75, 3.05) is 12.3 Å². The Balaban J connectivity index is 2.29. The summed E-state index contributed by atoms with van der Waals surface area (Å²) < 4.78 is 40.3. The maximum atomic E-state index is 13.7. The number of rotatable bonds is 3. The summed E-state index contributed by atoms with van der Waals surface area (Å²) in [7, 11) is -3.55. The molecule has 1 fully saturated rings. The summed E-state index contributed by atoms with van der Waals surface area (Å²) in [5.41, 5.74) is 5.69. The molecule has 0 aliphatic carbocycles. The van der Waals surface area contributed by atoms with E-state index in [0.29, 0.717) is 12.2 Å². The predicted octanol–water partition coefficient (Wildman–Crippen LogP) is 2.50. The zero-order valence-electron chi connectivity index (χ0n) is 11.9. The molecule has 6 heteroatoms. The van der Waals surface area contributed by atoms with Gasteiger partial charge in [0.05, 0.1) is 5.75 Å². The van der Waals surface area contributed by atoms with Gasteiger partial charge in [-0.1, -0.05) is 6.42 Å². The zero-order valence-corrected chi connectivity index (χ0v) is 12.7. The van der Waals surface area contributed by atoms with E-state index in [9.17, 15) is 12.8 Å². The molecule has 0 radical (unpaired) electrons. The lowest BCUT2D eigenvalue weighted by atomic mass is 9.93. The number of sulfonamides is 1. The van der Waals surface area contributed by atoms with Gasteiger partial charge in [-0.25, -0.2) is 12.8 Å². The highest BCUT2D eigenvalue weighted by atomic mass is 32.2. The molecular weight excluding hydrogens is 279 g/mol. The summed E-state index contributed by atoms with van der Waals surface area (Å²) >= 11 is 0. The Hall–Kier alpha value is -1.14. The van der Waals surface area contributed by atoms with Crippen molar-refractivity contribution < 1.29 is 12.8 Å². The molecule has 1 aromatic rings. The number of anilines is 1. The second-order valence-corrected chi connectivity index (χ2v) is 7.84. The van der Waals surface area contributed by atoms with Gasteiger partial charge in [0.2, 0.25) is 10.0 Å². The van der Waals surface area contributed by atoms with E-state index in [0.717, 1.165) is 19.3 Å². The van der Waals surface area contributed by atoms with E-state index in [2.05, 4.69) is 0 Å². The largest absolute Gasteiger partial charge is 0.399 e. The van der Waals surface area contributed by atoms with Crippen molar-refractivity contribution >= 4 is 15.7 Å². The molecule has 0 spiro atoms. The summed E-state index contributed by atoms with van der Waals surface area (Å²) in [5, 5.41) is 0. The Morgan fingerprint density at radius 2 is 2.05 bits per heavy atom. The average Bonchev–Trinajstić information content (AvgIpc) is 2.32. The normalized spacial score (nSPS) is 19.9. The molecule has 0 aromatic heterocycles. The summed E-state index contributed by atoms with van der Waals surface area (Å²) in [6, 6.07) is 4.03. The third kappa shape index (κ3) is 3.12. The number of nitrogen functional groups attached to an aromatic ring is 1. The SMILES string of the molecule is CC1(C)CCCCN1S(=O)(=O)Cc1cc(N)ccc1F. The summed E-state index contributed by atoms with van der Waals surface area (Å²) in [6.45, 7) is 4.33. The minimum absolute atomic E-state index is 0.131. The van der Waals surface area contributed by atoms with Crippen LogP contribution >= 0.6 is 0 Å². The molecular formula is C14H21FN2O2S. The summed E-state index contributed by atoms with van der Waals surface area (Å²) in [6.07, 6.45) is 2.69. The van der Waals surface area contributed by atoms with E-state index >= 15 is 0 Å². The Morgan fingerprint density at radius 3 is 2.70 bits per heavy atom. The first-order chi connectivity index (χ1) is 9.22. The minimum Gasteiger partial charge on any atom is -0.399 e. The number of piperidine rings is 1. The second-order valence-electron chi connectivity index (χ2n) is 5.95. The molecule has 2 N–H and O–H groups in total. The van der Waals surface area contributed by atoms with Crippen LogP contribution in [0.1, 0.15) is 38.7 Å². The summed E-state index contributed by atoms with van der Waals surface area (Å²) in [4.78, 5) is 0. The van der Waals surface area contributed by atoms with Crippen LogP contribution in [0, 0.1) is 5.82 Å². The Bertz CT molecular complexity index is 599. The lowest BCUT2D eigenvalue weighted by Crippen LogP contribution is -2.50. The van der Waals surface area contributed by atoms with Crippen LogP contribution in [0.4, 0.5) is 10.1 Å². The van der Waals surface area contributed by atoms with Crippen LogP contribution in [0.5, 0.6) is 0 Å². The van der Waals surface area contributed by atoms with Crippen LogP contribution in [0.2, 0.25) is 0 Å². The highest BCUT2D eigenvalue weighted by molar-refractivity contribution is 7.88. The van der Waals surface area contributed by atoms with Gasteiger partial charge in [0.1, 0.15) is 5.82 Å². The summed E-state index contributed by atoms with van der Waals surface area (Å²) in [5.74, 6) is -0.870. The van der Waals surface area contributed by atoms with E-state index in [1.807, 2.05) is 13.8 Å². The fourth-order valence-electron chi connectivity index (χ4n) is 2.74. The fourth-order valence-corrected chi connectivity index (χ4v) is 4.76. The number of benzene rings is 1. The van der Waals surface area contributed by atoms with Gasteiger partial charge in [0.15, 0.2) is 0 Å². The molecule has 0 bridgehead atoms. The van der Waals surface area contributed by atoms with Crippen LogP contribution in [0.3, 0.4) is 0 Å². The van der Waals surface area contributed by atoms with Crippen molar-refractivity contribution in [3.8, 4) is 0 Å². The highest BCUT2D eigenvalue weighted by Gasteiger charge is 2.38. The van der Waals surface area contributed by atoms with Crippen molar-refractivity contribution in [1.82, 2.24) is 4.31 Å². The van der Waals surface area contributed by atoms with E-state index < -0.39 is 21.4 Å². The molecule has 112 valence electrons. The van der Waals surface area contributed by atoms with Crippen molar-refractivity contribution in [3.63, 3.8) is 0 Å². The Morgan fingerprint density at radius 1 is 1.35 bits per heavy atom. The smallest absolute Gasteiger partial charge is 0.218 e. The van der Waals surface area contributed by atoms with Crippen molar-refractivity contribution in [3.05, 3.63) is 29.6 Å². The predicted molar refractivity (Wildman–Crippen MR) is 78.1 cm³/mol. The van der Waals surface area contributed by atoms with Gasteiger partial charge in [-0.05, 0) is 44.9 Å². The number of halogens is 1. The van der Waals surface area contributed by atoms with E-state index in [1.165, 1.54) is 22.5 Å². The van der Waals surface area contributed by atoms with Crippen molar-refractivity contribution in [1.29, 1.82) is 0 Å². The van der Waals surface area contributed by atoms with Gasteiger partial charge in [-0.2, -0.15) is 4.31 Å². The maximum Gasteiger partial charge on any atom is 0.218 e. The van der Waals surface area contributed by atoms with Crippen LogP contribution in [0.15, 0.2) is 18.2 Å². The monoisotopic (exact) mass is 300 g/mol. The minimum atomic E-state index is -3.55. The third-order valence-corrected chi connectivity index (χ3v) is 5.84. The van der Waals surface area contributed by atoms with Gasteiger partial charge in [-0.15, -0.1) is 0 Å². The van der Waals surface area contributed by atoms with Crippen molar-refractivity contribution in [2.24, 2.45) is 0 Å². The molecule has 0 saturated carbocycles. The first kappa shape index (κ1) is 15.3. The van der Waals surface area contributed by atoms with Crippen LogP contribution < -0.4 is 5.73 Å². The lowest BCUT2D eigenvalue weighted by Gasteiger charge is -2.41. The molecule has 0 atom stereocenters. The Kier molecular flexibility index (Phi) is 4.07. The van der Waals surface area contributed by atoms with Crippen LogP contribution in [0.25, 0.3) is 0 Å². The van der Waals surface area contributed by atoms with E-state index in [-0.39, 0.29) is 11.3 Å². The highest BCUT2D eigenvalue weighted by Crippen LogP contribution is 2.31. The zero-order chi connectivity index (χ0) is 15.0. The van der Waals surface area contributed by atoms with Gasteiger partial charge < -0.3 is 5.73 Å².